The van der Waals surface area contributed by atoms with E-state index in [1.165, 1.54) is 6.92 Å². The molecule has 74 valence electrons. The molecule has 6 heteroatoms. The van der Waals surface area contributed by atoms with Gasteiger partial charge in [-0.15, -0.1) is 0 Å². The molecular formula is C6H15NO4S. The third-order valence-corrected chi connectivity index (χ3v) is 2.31. The molecule has 2 N–H and O–H groups in total. The van der Waals surface area contributed by atoms with E-state index in [2.05, 4.69) is 0 Å². The van der Waals surface area contributed by atoms with E-state index in [1.54, 1.807) is 0 Å². The second kappa shape index (κ2) is 5.47. The van der Waals surface area contributed by atoms with Gasteiger partial charge in [0.15, 0.2) is 5.44 Å². The lowest BCUT2D eigenvalue weighted by atomic mass is 10.7. The number of sulfonamides is 1. The van der Waals surface area contributed by atoms with Crippen molar-refractivity contribution in [2.45, 2.75) is 19.3 Å². The van der Waals surface area contributed by atoms with Gasteiger partial charge in [-0.3, -0.25) is 0 Å². The van der Waals surface area contributed by atoms with Crippen LogP contribution in [0.1, 0.15) is 13.8 Å². The van der Waals surface area contributed by atoms with Gasteiger partial charge in [0, 0.05) is 6.61 Å². The maximum atomic E-state index is 10.6. The van der Waals surface area contributed by atoms with E-state index >= 15 is 0 Å². The van der Waals surface area contributed by atoms with Crippen molar-refractivity contribution in [1.29, 1.82) is 0 Å². The smallest absolute Gasteiger partial charge is 0.235 e. The second-order valence-corrected chi connectivity index (χ2v) is 4.07. The van der Waals surface area contributed by atoms with Crippen LogP contribution in [0.15, 0.2) is 0 Å². The summed E-state index contributed by atoms with van der Waals surface area (Å²) in [5.41, 5.74) is -0.960. The number of primary sulfonamides is 1. The lowest BCUT2D eigenvalue weighted by Crippen LogP contribution is -2.29. The monoisotopic (exact) mass is 197 g/mol. The summed E-state index contributed by atoms with van der Waals surface area (Å²) >= 11 is 0. The van der Waals surface area contributed by atoms with E-state index in [0.29, 0.717) is 13.2 Å². The minimum Gasteiger partial charge on any atom is -0.379 e. The number of ether oxygens (including phenoxy) is 2. The Morgan fingerprint density at radius 1 is 1.42 bits per heavy atom. The fourth-order valence-electron chi connectivity index (χ4n) is 0.512. The zero-order chi connectivity index (χ0) is 9.61. The van der Waals surface area contributed by atoms with Crippen molar-refractivity contribution in [3.8, 4) is 0 Å². The van der Waals surface area contributed by atoms with Gasteiger partial charge in [-0.1, -0.05) is 0 Å². The van der Waals surface area contributed by atoms with Crippen molar-refractivity contribution >= 4 is 10.0 Å². The zero-order valence-electron chi connectivity index (χ0n) is 7.32. The molecule has 0 aliphatic carbocycles. The average molecular weight is 197 g/mol. The molecule has 0 bridgehead atoms. The second-order valence-electron chi connectivity index (χ2n) is 2.22. The van der Waals surface area contributed by atoms with Crippen LogP contribution in [0.25, 0.3) is 0 Å². The van der Waals surface area contributed by atoms with E-state index in [1.807, 2.05) is 6.92 Å². The van der Waals surface area contributed by atoms with Crippen LogP contribution in [-0.2, 0) is 19.5 Å². The van der Waals surface area contributed by atoms with Gasteiger partial charge in [0.25, 0.3) is 0 Å². The number of hydrogen-bond acceptors (Lipinski definition) is 4. The molecule has 12 heavy (non-hydrogen) atoms. The first-order valence-corrected chi connectivity index (χ1v) is 5.30. The van der Waals surface area contributed by atoms with Crippen LogP contribution in [-0.4, -0.2) is 33.7 Å². The van der Waals surface area contributed by atoms with E-state index < -0.39 is 15.5 Å². The Hall–Kier alpha value is -0.170. The van der Waals surface area contributed by atoms with E-state index in [0.717, 1.165) is 0 Å². The van der Waals surface area contributed by atoms with Crippen LogP contribution in [0.3, 0.4) is 0 Å². The lowest BCUT2D eigenvalue weighted by molar-refractivity contribution is 0.0441. The van der Waals surface area contributed by atoms with Crippen molar-refractivity contribution in [3.63, 3.8) is 0 Å². The molecule has 0 fully saturated rings. The maximum absolute atomic E-state index is 10.6. The third kappa shape index (κ3) is 5.48. The third-order valence-electron chi connectivity index (χ3n) is 1.25. The van der Waals surface area contributed by atoms with E-state index in [-0.39, 0.29) is 6.61 Å². The van der Waals surface area contributed by atoms with Gasteiger partial charge in [-0.25, -0.2) is 13.6 Å². The Kier molecular flexibility index (Phi) is 5.39. The average Bonchev–Trinajstić information content (AvgIpc) is 1.96. The summed E-state index contributed by atoms with van der Waals surface area (Å²) in [6, 6.07) is 0. The molecule has 0 aromatic rings. The SMILES string of the molecule is CCOCCOC(C)S(N)(=O)=O. The van der Waals surface area contributed by atoms with Gasteiger partial charge in [0.1, 0.15) is 0 Å². The standard InChI is InChI=1S/C6H15NO4S/c1-3-10-4-5-11-6(2)12(7,8)9/h6H,3-5H2,1-2H3,(H2,7,8,9). The van der Waals surface area contributed by atoms with Crippen LogP contribution in [0.2, 0.25) is 0 Å². The molecular weight excluding hydrogens is 182 g/mol. The highest BCUT2D eigenvalue weighted by Crippen LogP contribution is 1.96. The Bertz CT molecular complexity index is 202. The molecule has 1 unspecified atom stereocenters. The molecule has 1 atom stereocenters. The summed E-state index contributed by atoms with van der Waals surface area (Å²) in [6.45, 7) is 4.46. The summed E-state index contributed by atoms with van der Waals surface area (Å²) in [7, 11) is -3.57. The Morgan fingerprint density at radius 2 is 2.00 bits per heavy atom. The molecule has 0 radical (unpaired) electrons. The predicted octanol–water partition coefficient (Wildman–Crippen LogP) is -0.326. The van der Waals surface area contributed by atoms with Crippen molar-refractivity contribution in [3.05, 3.63) is 0 Å². The quantitative estimate of drug-likeness (QED) is 0.591. The van der Waals surface area contributed by atoms with Gasteiger partial charge in [-0.05, 0) is 13.8 Å². The Labute approximate surface area is 72.9 Å². The summed E-state index contributed by atoms with van der Waals surface area (Å²) in [4.78, 5) is 0. The van der Waals surface area contributed by atoms with Crippen LogP contribution in [0.5, 0.6) is 0 Å². The minimum atomic E-state index is -3.57. The normalized spacial score (nSPS) is 14.6. The van der Waals surface area contributed by atoms with Crippen molar-refractivity contribution in [1.82, 2.24) is 0 Å². The molecule has 5 nitrogen and oxygen atoms in total. The molecule has 0 spiro atoms. The number of nitrogens with two attached hydrogens (primary N) is 1. The van der Waals surface area contributed by atoms with Gasteiger partial charge in [0.05, 0.1) is 13.2 Å². The van der Waals surface area contributed by atoms with Gasteiger partial charge < -0.3 is 9.47 Å². The summed E-state index contributed by atoms with van der Waals surface area (Å²) < 4.78 is 31.0. The Morgan fingerprint density at radius 3 is 2.42 bits per heavy atom. The highest BCUT2D eigenvalue weighted by Gasteiger charge is 2.14. The fourth-order valence-corrected chi connectivity index (χ4v) is 0.798. The maximum Gasteiger partial charge on any atom is 0.235 e. The van der Waals surface area contributed by atoms with Gasteiger partial charge in [-0.2, -0.15) is 0 Å². The van der Waals surface area contributed by atoms with Gasteiger partial charge >= 0.3 is 0 Å². The summed E-state index contributed by atoms with van der Waals surface area (Å²) in [6.07, 6.45) is 0. The van der Waals surface area contributed by atoms with Crippen LogP contribution >= 0.6 is 0 Å². The Balaban J connectivity index is 3.52. The topological polar surface area (TPSA) is 78.6 Å². The van der Waals surface area contributed by atoms with Crippen molar-refractivity contribution < 1.29 is 17.9 Å². The van der Waals surface area contributed by atoms with Crippen LogP contribution in [0.4, 0.5) is 0 Å². The minimum absolute atomic E-state index is 0.242. The summed E-state index contributed by atoms with van der Waals surface area (Å²) in [5.74, 6) is 0. The molecule has 0 aliphatic rings. The first-order valence-electron chi connectivity index (χ1n) is 3.69. The van der Waals surface area contributed by atoms with E-state index in [9.17, 15) is 8.42 Å². The van der Waals surface area contributed by atoms with Crippen LogP contribution in [0, 0.1) is 0 Å². The van der Waals surface area contributed by atoms with Crippen LogP contribution < -0.4 is 5.14 Å². The molecule has 0 amide bonds. The first-order chi connectivity index (χ1) is 5.48. The molecule has 0 aliphatic heterocycles. The zero-order valence-corrected chi connectivity index (χ0v) is 8.13. The molecule has 0 rings (SSSR count). The number of hydrogen-bond donors (Lipinski definition) is 1. The van der Waals surface area contributed by atoms with Gasteiger partial charge in [0.2, 0.25) is 10.0 Å². The molecule has 0 saturated carbocycles. The number of rotatable bonds is 6. The molecule has 0 saturated heterocycles. The predicted molar refractivity (Wildman–Crippen MR) is 45.0 cm³/mol. The highest BCUT2D eigenvalue weighted by molar-refractivity contribution is 7.89. The lowest BCUT2D eigenvalue weighted by Gasteiger charge is -2.09. The van der Waals surface area contributed by atoms with Crippen molar-refractivity contribution in [2.24, 2.45) is 5.14 Å². The first kappa shape index (κ1) is 11.8. The van der Waals surface area contributed by atoms with E-state index in [4.69, 9.17) is 14.6 Å². The highest BCUT2D eigenvalue weighted by atomic mass is 32.2. The largest absolute Gasteiger partial charge is 0.379 e. The fraction of sp³-hybridized carbons (Fsp3) is 1.00. The van der Waals surface area contributed by atoms with Crippen molar-refractivity contribution in [2.75, 3.05) is 19.8 Å². The molecule has 0 heterocycles. The molecule has 0 aromatic carbocycles. The summed E-state index contributed by atoms with van der Waals surface area (Å²) in [5, 5.41) is 4.80. The molecule has 0 aromatic heterocycles.